The number of anilines is 1. The van der Waals surface area contributed by atoms with Crippen molar-refractivity contribution < 1.29 is 13.2 Å². The molecule has 1 saturated heterocycles. The van der Waals surface area contributed by atoms with Gasteiger partial charge >= 0.3 is 0 Å². The van der Waals surface area contributed by atoms with E-state index in [0.717, 1.165) is 0 Å². The highest BCUT2D eigenvalue weighted by Crippen LogP contribution is 2.06. The summed E-state index contributed by atoms with van der Waals surface area (Å²) in [4.78, 5) is 13.5. The Morgan fingerprint density at radius 2 is 2.17 bits per heavy atom. The lowest BCUT2D eigenvalue weighted by molar-refractivity contribution is -0.131. The minimum Gasteiger partial charge on any atom is -0.382 e. The number of hydrogen-bond donors (Lipinski definition) is 1. The lowest BCUT2D eigenvalue weighted by atomic mass is 10.4. The molecule has 0 radical (unpaired) electrons. The van der Waals surface area contributed by atoms with Gasteiger partial charge in [0.1, 0.15) is 12.4 Å². The number of aromatic nitrogens is 2. The molecule has 2 N–H and O–H groups in total. The first-order valence-electron chi connectivity index (χ1n) is 5.73. The lowest BCUT2D eigenvalue weighted by Gasteiger charge is -2.19. The van der Waals surface area contributed by atoms with Crippen molar-refractivity contribution in [2.24, 2.45) is 0 Å². The molecule has 0 aromatic carbocycles. The molecule has 8 heteroatoms. The van der Waals surface area contributed by atoms with E-state index in [1.165, 1.54) is 4.68 Å². The maximum Gasteiger partial charge on any atom is 0.244 e. The Labute approximate surface area is 105 Å². The summed E-state index contributed by atoms with van der Waals surface area (Å²) in [5, 5.41) is 3.93. The summed E-state index contributed by atoms with van der Waals surface area (Å²) in [7, 11) is -2.99. The predicted octanol–water partition coefficient (Wildman–Crippen LogP) is -0.888. The molecule has 7 nitrogen and oxygen atoms in total. The summed E-state index contributed by atoms with van der Waals surface area (Å²) in [5.74, 6) is 0.433. The standard InChI is InChI=1S/C10H16N4O3S/c11-9-2-4-14(12-9)8-10(15)13-3-1-6-18(16,17)7-5-13/h2,4H,1,3,5-8H2,(H2,11,12). The fourth-order valence-corrected chi connectivity index (χ4v) is 3.16. The molecule has 1 amide bonds. The molecule has 0 bridgehead atoms. The molecule has 0 atom stereocenters. The zero-order valence-electron chi connectivity index (χ0n) is 9.95. The van der Waals surface area contributed by atoms with Crippen molar-refractivity contribution >= 4 is 21.6 Å². The van der Waals surface area contributed by atoms with Crippen LogP contribution in [-0.2, 0) is 21.2 Å². The highest BCUT2D eigenvalue weighted by atomic mass is 32.2. The van der Waals surface area contributed by atoms with Gasteiger partial charge < -0.3 is 10.6 Å². The lowest BCUT2D eigenvalue weighted by Crippen LogP contribution is -2.36. The molecule has 1 aliphatic heterocycles. The summed E-state index contributed by atoms with van der Waals surface area (Å²) in [5.41, 5.74) is 5.46. The molecule has 2 rings (SSSR count). The third-order valence-corrected chi connectivity index (χ3v) is 4.58. The fourth-order valence-electron chi connectivity index (χ4n) is 1.89. The van der Waals surface area contributed by atoms with Crippen LogP contribution < -0.4 is 5.73 Å². The van der Waals surface area contributed by atoms with Gasteiger partial charge in [0, 0.05) is 19.3 Å². The van der Waals surface area contributed by atoms with Gasteiger partial charge in [-0.1, -0.05) is 0 Å². The van der Waals surface area contributed by atoms with Crippen LogP contribution in [-0.4, -0.2) is 53.6 Å². The van der Waals surface area contributed by atoms with Crippen LogP contribution in [0, 0.1) is 0 Å². The molecule has 1 aromatic heterocycles. The van der Waals surface area contributed by atoms with E-state index in [0.29, 0.717) is 18.8 Å². The number of nitrogens with zero attached hydrogens (tertiary/aromatic N) is 3. The average Bonchev–Trinajstić information content (AvgIpc) is 2.58. The van der Waals surface area contributed by atoms with E-state index >= 15 is 0 Å². The first kappa shape index (κ1) is 12.9. The fraction of sp³-hybridized carbons (Fsp3) is 0.600. The molecule has 18 heavy (non-hydrogen) atoms. The minimum atomic E-state index is -2.99. The number of sulfone groups is 1. The molecule has 1 aromatic rings. The van der Waals surface area contributed by atoms with Crippen LogP contribution in [0.5, 0.6) is 0 Å². The molecule has 0 unspecified atom stereocenters. The smallest absolute Gasteiger partial charge is 0.244 e. The Morgan fingerprint density at radius 3 is 2.83 bits per heavy atom. The van der Waals surface area contributed by atoms with Gasteiger partial charge in [0.15, 0.2) is 9.84 Å². The number of amides is 1. The first-order chi connectivity index (χ1) is 8.46. The van der Waals surface area contributed by atoms with Crippen LogP contribution in [0.25, 0.3) is 0 Å². The quantitative estimate of drug-likeness (QED) is 0.753. The number of carbonyl (C=O) groups excluding carboxylic acids is 1. The van der Waals surface area contributed by atoms with Gasteiger partial charge in [0.25, 0.3) is 0 Å². The van der Waals surface area contributed by atoms with Gasteiger partial charge in [-0.2, -0.15) is 5.10 Å². The maximum atomic E-state index is 12.0. The molecule has 2 heterocycles. The van der Waals surface area contributed by atoms with Crippen LogP contribution in [0.15, 0.2) is 12.3 Å². The third kappa shape index (κ3) is 3.22. The summed E-state index contributed by atoms with van der Waals surface area (Å²) < 4.78 is 24.3. The van der Waals surface area contributed by atoms with Gasteiger partial charge in [-0.25, -0.2) is 8.42 Å². The zero-order valence-corrected chi connectivity index (χ0v) is 10.8. The monoisotopic (exact) mass is 272 g/mol. The SMILES string of the molecule is Nc1ccn(CC(=O)N2CCCS(=O)(=O)CC2)n1. The van der Waals surface area contributed by atoms with E-state index in [1.807, 2.05) is 0 Å². The van der Waals surface area contributed by atoms with Crippen LogP contribution in [0.3, 0.4) is 0 Å². The number of nitrogen functional groups attached to an aromatic ring is 1. The molecule has 100 valence electrons. The van der Waals surface area contributed by atoms with Crippen molar-refractivity contribution in [3.8, 4) is 0 Å². The van der Waals surface area contributed by atoms with Crippen LogP contribution in [0.1, 0.15) is 6.42 Å². The van der Waals surface area contributed by atoms with Gasteiger partial charge in [-0.15, -0.1) is 0 Å². The van der Waals surface area contributed by atoms with Crippen molar-refractivity contribution in [3.05, 3.63) is 12.3 Å². The second-order valence-electron chi connectivity index (χ2n) is 4.32. The summed E-state index contributed by atoms with van der Waals surface area (Å²) in [6.07, 6.45) is 2.12. The van der Waals surface area contributed by atoms with Gasteiger partial charge in [-0.05, 0) is 12.5 Å². The van der Waals surface area contributed by atoms with Gasteiger partial charge in [-0.3, -0.25) is 9.48 Å². The van der Waals surface area contributed by atoms with E-state index in [2.05, 4.69) is 5.10 Å². The first-order valence-corrected chi connectivity index (χ1v) is 7.55. The van der Waals surface area contributed by atoms with Gasteiger partial charge in [0.05, 0.1) is 11.5 Å². The van der Waals surface area contributed by atoms with E-state index in [9.17, 15) is 13.2 Å². The van der Waals surface area contributed by atoms with Crippen molar-refractivity contribution in [1.82, 2.24) is 14.7 Å². The number of carbonyl (C=O) groups is 1. The Bertz CT molecular complexity index is 537. The van der Waals surface area contributed by atoms with Crippen molar-refractivity contribution in [2.75, 3.05) is 30.3 Å². The number of rotatable bonds is 2. The van der Waals surface area contributed by atoms with Gasteiger partial charge in [0.2, 0.25) is 5.91 Å². The minimum absolute atomic E-state index is 0.0417. The topological polar surface area (TPSA) is 98.3 Å². The molecule has 0 saturated carbocycles. The van der Waals surface area contributed by atoms with Crippen molar-refractivity contribution in [1.29, 1.82) is 0 Å². The highest BCUT2D eigenvalue weighted by Gasteiger charge is 2.22. The molecule has 0 aliphatic carbocycles. The second-order valence-corrected chi connectivity index (χ2v) is 6.63. The molecule has 1 aliphatic rings. The Balaban J connectivity index is 1.97. The number of hydrogen-bond acceptors (Lipinski definition) is 5. The normalized spacial score (nSPS) is 19.4. The van der Waals surface area contributed by atoms with E-state index in [4.69, 9.17) is 5.73 Å². The summed E-state index contributed by atoms with van der Waals surface area (Å²) in [6.45, 7) is 0.837. The van der Waals surface area contributed by atoms with Crippen molar-refractivity contribution in [2.45, 2.75) is 13.0 Å². The van der Waals surface area contributed by atoms with E-state index in [-0.39, 0.29) is 30.5 Å². The van der Waals surface area contributed by atoms with E-state index in [1.54, 1.807) is 17.2 Å². The van der Waals surface area contributed by atoms with Crippen LogP contribution in [0.2, 0.25) is 0 Å². The largest absolute Gasteiger partial charge is 0.382 e. The predicted molar refractivity (Wildman–Crippen MR) is 66.5 cm³/mol. The molecular weight excluding hydrogens is 256 g/mol. The Hall–Kier alpha value is -1.57. The van der Waals surface area contributed by atoms with E-state index < -0.39 is 9.84 Å². The average molecular weight is 272 g/mol. The second kappa shape index (κ2) is 4.97. The van der Waals surface area contributed by atoms with Crippen LogP contribution in [0.4, 0.5) is 5.82 Å². The molecule has 0 spiro atoms. The Morgan fingerprint density at radius 1 is 1.39 bits per heavy atom. The van der Waals surface area contributed by atoms with Crippen LogP contribution >= 0.6 is 0 Å². The summed E-state index contributed by atoms with van der Waals surface area (Å²) in [6, 6.07) is 1.61. The Kier molecular flexibility index (Phi) is 3.55. The zero-order chi connectivity index (χ0) is 13.2. The third-order valence-electron chi connectivity index (χ3n) is 2.87. The summed E-state index contributed by atoms with van der Waals surface area (Å²) >= 11 is 0. The molecular formula is C10H16N4O3S. The number of nitrogens with two attached hydrogens (primary N) is 1. The van der Waals surface area contributed by atoms with Crippen molar-refractivity contribution in [3.63, 3.8) is 0 Å². The maximum absolute atomic E-state index is 12.0. The highest BCUT2D eigenvalue weighted by molar-refractivity contribution is 7.91. The molecule has 1 fully saturated rings.